The molecule has 0 saturated heterocycles. The van der Waals surface area contributed by atoms with Crippen LogP contribution in [0.4, 0.5) is 17.6 Å². The number of anilines is 3. The third-order valence-corrected chi connectivity index (χ3v) is 4.55. The molecule has 0 aliphatic rings. The number of nitrogen functional groups attached to an aromatic ring is 1. The van der Waals surface area contributed by atoms with Gasteiger partial charge in [-0.3, -0.25) is 5.10 Å². The highest BCUT2D eigenvalue weighted by Crippen LogP contribution is 2.22. The highest BCUT2D eigenvalue weighted by molar-refractivity contribution is 7.98. The second-order valence-electron chi connectivity index (χ2n) is 6.02. The minimum atomic E-state index is 0.185. The Morgan fingerprint density at radius 2 is 1.96 bits per heavy atom. The molecule has 4 N–H and O–H groups in total. The number of rotatable bonds is 7. The number of para-hydroxylation sites is 1. The Morgan fingerprint density at radius 1 is 1.15 bits per heavy atom. The molecule has 0 amide bonds. The number of hydrogen-bond donors (Lipinski definition) is 3. The molecule has 0 aliphatic heterocycles. The van der Waals surface area contributed by atoms with Gasteiger partial charge in [0.25, 0.3) is 0 Å². The molecule has 0 saturated carbocycles. The van der Waals surface area contributed by atoms with Crippen LogP contribution in [0.3, 0.4) is 0 Å². The largest absolute Gasteiger partial charge is 0.368 e. The van der Waals surface area contributed by atoms with Crippen LogP contribution in [0.25, 0.3) is 0 Å². The second kappa shape index (κ2) is 8.13. The van der Waals surface area contributed by atoms with Gasteiger partial charge in [0.1, 0.15) is 11.6 Å². The summed E-state index contributed by atoms with van der Waals surface area (Å²) in [6.45, 7) is 6.23. The molecular formula is C17H22N8S. The van der Waals surface area contributed by atoms with Crippen molar-refractivity contribution in [3.8, 4) is 0 Å². The zero-order valence-electron chi connectivity index (χ0n) is 15.0. The molecule has 136 valence electrons. The minimum absolute atomic E-state index is 0.185. The molecule has 1 aromatic carbocycles. The summed E-state index contributed by atoms with van der Waals surface area (Å²) < 4.78 is 0. The fourth-order valence-electron chi connectivity index (χ4n) is 2.34. The third kappa shape index (κ3) is 4.48. The molecule has 8 nitrogen and oxygen atoms in total. The molecular weight excluding hydrogens is 348 g/mol. The molecule has 3 aromatic rings. The number of aromatic nitrogens is 6. The second-order valence-corrected chi connectivity index (χ2v) is 6.96. The first-order chi connectivity index (χ1) is 12.5. The van der Waals surface area contributed by atoms with Crippen molar-refractivity contribution in [1.29, 1.82) is 0 Å². The maximum Gasteiger partial charge on any atom is 0.232 e. The lowest BCUT2D eigenvalue weighted by atomic mass is 10.1. The number of nitrogens with zero attached hydrogens (tertiary/aromatic N) is 5. The van der Waals surface area contributed by atoms with Gasteiger partial charge in [0.05, 0.1) is 5.75 Å². The van der Waals surface area contributed by atoms with Crippen LogP contribution in [0, 0.1) is 0 Å². The molecule has 9 heteroatoms. The normalized spacial score (nSPS) is 11.1. The Morgan fingerprint density at radius 3 is 2.69 bits per heavy atom. The van der Waals surface area contributed by atoms with E-state index in [1.54, 1.807) is 0 Å². The number of benzene rings is 1. The number of aromatic amines is 1. The van der Waals surface area contributed by atoms with E-state index in [1.807, 2.05) is 18.2 Å². The van der Waals surface area contributed by atoms with Gasteiger partial charge in [-0.2, -0.15) is 15.0 Å². The molecule has 0 spiro atoms. The van der Waals surface area contributed by atoms with E-state index < -0.39 is 0 Å². The van der Waals surface area contributed by atoms with Crippen molar-refractivity contribution in [3.63, 3.8) is 0 Å². The van der Waals surface area contributed by atoms with Gasteiger partial charge in [0.2, 0.25) is 17.1 Å². The van der Waals surface area contributed by atoms with Crippen molar-refractivity contribution in [2.24, 2.45) is 0 Å². The zero-order chi connectivity index (χ0) is 18.5. The van der Waals surface area contributed by atoms with Crippen LogP contribution in [-0.2, 0) is 12.2 Å². The number of nitrogens with one attached hydrogen (secondary N) is 2. The fraction of sp³-hybridized carbons (Fsp3) is 0.353. The van der Waals surface area contributed by atoms with Crippen LogP contribution in [0.2, 0.25) is 0 Å². The monoisotopic (exact) mass is 370 g/mol. The SMILES string of the molecule is CCc1ccccc1Nc1nc(N)nc(CSc2n[nH]c(C(C)C)n2)n1. The standard InChI is InChI=1S/C17H22N8S/c1-4-11-7-5-6-8-12(11)19-16-21-13(20-15(18)23-16)9-26-17-22-14(10(2)3)24-25-17/h5-8,10H,4,9H2,1-3H3,(H,22,24,25)(H3,18,19,20,21,23). The summed E-state index contributed by atoms with van der Waals surface area (Å²) in [6.07, 6.45) is 0.912. The summed E-state index contributed by atoms with van der Waals surface area (Å²) in [5.41, 5.74) is 8.00. The van der Waals surface area contributed by atoms with Gasteiger partial charge < -0.3 is 11.1 Å². The third-order valence-electron chi connectivity index (χ3n) is 3.70. The lowest BCUT2D eigenvalue weighted by Gasteiger charge is -2.10. The Bertz CT molecular complexity index is 877. The van der Waals surface area contributed by atoms with E-state index >= 15 is 0 Å². The minimum Gasteiger partial charge on any atom is -0.368 e. The van der Waals surface area contributed by atoms with E-state index in [-0.39, 0.29) is 5.95 Å². The summed E-state index contributed by atoms with van der Waals surface area (Å²) >= 11 is 1.45. The molecule has 2 aromatic heterocycles. The number of nitrogens with two attached hydrogens (primary N) is 1. The van der Waals surface area contributed by atoms with Crippen LogP contribution in [-0.4, -0.2) is 30.1 Å². The number of aryl methyl sites for hydroxylation is 1. The predicted molar refractivity (Wildman–Crippen MR) is 103 cm³/mol. The van der Waals surface area contributed by atoms with Crippen LogP contribution < -0.4 is 11.1 Å². The molecule has 26 heavy (non-hydrogen) atoms. The number of hydrogen-bond acceptors (Lipinski definition) is 8. The smallest absolute Gasteiger partial charge is 0.232 e. The number of H-pyrrole nitrogens is 1. The summed E-state index contributed by atoms with van der Waals surface area (Å²) in [7, 11) is 0. The van der Waals surface area contributed by atoms with Gasteiger partial charge in [0, 0.05) is 11.6 Å². The maximum atomic E-state index is 5.85. The first kappa shape index (κ1) is 18.1. The van der Waals surface area contributed by atoms with Gasteiger partial charge in [-0.05, 0) is 18.1 Å². The summed E-state index contributed by atoms with van der Waals surface area (Å²) in [5.74, 6) is 2.87. The van der Waals surface area contributed by atoms with Gasteiger partial charge >= 0.3 is 0 Å². The van der Waals surface area contributed by atoms with E-state index in [4.69, 9.17) is 5.73 Å². The Labute approximate surface area is 156 Å². The number of thioether (sulfide) groups is 1. The van der Waals surface area contributed by atoms with Crippen LogP contribution in [0.15, 0.2) is 29.4 Å². The molecule has 2 heterocycles. The highest BCUT2D eigenvalue weighted by Gasteiger charge is 2.11. The lowest BCUT2D eigenvalue weighted by Crippen LogP contribution is -2.07. The summed E-state index contributed by atoms with van der Waals surface area (Å²) in [6, 6.07) is 8.04. The molecule has 0 radical (unpaired) electrons. The zero-order valence-corrected chi connectivity index (χ0v) is 15.8. The Balaban J connectivity index is 1.72. The van der Waals surface area contributed by atoms with E-state index in [9.17, 15) is 0 Å². The summed E-state index contributed by atoms with van der Waals surface area (Å²) in [4.78, 5) is 17.3. The van der Waals surface area contributed by atoms with E-state index in [1.165, 1.54) is 17.3 Å². The van der Waals surface area contributed by atoms with Crippen molar-refractivity contribution in [1.82, 2.24) is 30.1 Å². The average Bonchev–Trinajstić information content (AvgIpc) is 3.09. The van der Waals surface area contributed by atoms with Crippen molar-refractivity contribution in [2.75, 3.05) is 11.1 Å². The fourth-order valence-corrected chi connectivity index (χ4v) is 3.00. The average molecular weight is 370 g/mol. The van der Waals surface area contributed by atoms with Gasteiger partial charge in [-0.25, -0.2) is 4.98 Å². The molecule has 0 fully saturated rings. The molecule has 3 rings (SSSR count). The topological polar surface area (TPSA) is 118 Å². The van der Waals surface area contributed by atoms with Crippen LogP contribution >= 0.6 is 11.8 Å². The molecule has 0 atom stereocenters. The predicted octanol–water partition coefficient (Wildman–Crippen LogP) is 3.29. The summed E-state index contributed by atoms with van der Waals surface area (Å²) in [5, 5.41) is 11.0. The lowest BCUT2D eigenvalue weighted by molar-refractivity contribution is 0.780. The molecule has 0 unspecified atom stereocenters. The Kier molecular flexibility index (Phi) is 5.67. The van der Waals surface area contributed by atoms with E-state index in [0.29, 0.717) is 28.6 Å². The molecule has 0 aliphatic carbocycles. The van der Waals surface area contributed by atoms with Crippen molar-refractivity contribution in [2.45, 2.75) is 44.0 Å². The first-order valence-corrected chi connectivity index (χ1v) is 9.44. The van der Waals surface area contributed by atoms with Crippen molar-refractivity contribution < 1.29 is 0 Å². The van der Waals surface area contributed by atoms with E-state index in [2.05, 4.69) is 62.3 Å². The van der Waals surface area contributed by atoms with Gasteiger partial charge in [-0.15, -0.1) is 5.10 Å². The Hall–Kier alpha value is -2.68. The van der Waals surface area contributed by atoms with Crippen LogP contribution in [0.1, 0.15) is 43.9 Å². The van der Waals surface area contributed by atoms with Gasteiger partial charge in [0.15, 0.2) is 0 Å². The van der Waals surface area contributed by atoms with Gasteiger partial charge in [-0.1, -0.05) is 50.7 Å². The van der Waals surface area contributed by atoms with Crippen LogP contribution in [0.5, 0.6) is 0 Å². The highest BCUT2D eigenvalue weighted by atomic mass is 32.2. The van der Waals surface area contributed by atoms with Crippen molar-refractivity contribution in [3.05, 3.63) is 41.5 Å². The first-order valence-electron chi connectivity index (χ1n) is 8.45. The van der Waals surface area contributed by atoms with Crippen molar-refractivity contribution >= 4 is 29.3 Å². The quantitative estimate of drug-likeness (QED) is 0.542. The van der Waals surface area contributed by atoms with E-state index in [0.717, 1.165) is 17.9 Å². The molecule has 0 bridgehead atoms. The maximum absolute atomic E-state index is 5.85.